The van der Waals surface area contributed by atoms with E-state index in [0.717, 1.165) is 32.4 Å². The third-order valence-electron chi connectivity index (χ3n) is 4.60. The summed E-state index contributed by atoms with van der Waals surface area (Å²) >= 11 is 1.72. The number of fused-ring (bicyclic) bond motifs is 1. The molecule has 2 aliphatic rings. The summed E-state index contributed by atoms with van der Waals surface area (Å²) in [5.74, 6) is -0.00539. The van der Waals surface area contributed by atoms with Crippen molar-refractivity contribution in [2.45, 2.75) is 44.1 Å². The molecule has 1 aromatic heterocycles. The van der Waals surface area contributed by atoms with Gasteiger partial charge in [0.1, 0.15) is 11.6 Å². The van der Waals surface area contributed by atoms with Gasteiger partial charge >= 0.3 is 0 Å². The maximum absolute atomic E-state index is 11.5. The summed E-state index contributed by atoms with van der Waals surface area (Å²) in [5.41, 5.74) is 0. The van der Waals surface area contributed by atoms with E-state index in [4.69, 9.17) is 9.47 Å². The summed E-state index contributed by atoms with van der Waals surface area (Å²) in [5, 5.41) is 3.21. The smallest absolute Gasteiger partial charge is 0.248 e. The Morgan fingerprint density at radius 3 is 3.09 bits per heavy atom. The van der Waals surface area contributed by atoms with E-state index >= 15 is 0 Å². The third kappa shape index (κ3) is 4.29. The van der Waals surface area contributed by atoms with Crippen LogP contribution in [0.15, 0.2) is 11.6 Å². The zero-order chi connectivity index (χ0) is 16.2. The van der Waals surface area contributed by atoms with Crippen LogP contribution in [0.1, 0.15) is 24.3 Å². The van der Waals surface area contributed by atoms with Gasteiger partial charge in [0.2, 0.25) is 5.91 Å². The molecule has 0 unspecified atom stereocenters. The van der Waals surface area contributed by atoms with E-state index in [1.807, 2.05) is 11.6 Å². The number of hydrogen-bond donors (Lipinski definition) is 0. The second kappa shape index (κ2) is 7.70. The number of rotatable bonds is 6. The van der Waals surface area contributed by atoms with Gasteiger partial charge in [-0.3, -0.25) is 9.69 Å². The molecule has 0 spiro atoms. The molecule has 23 heavy (non-hydrogen) atoms. The molecule has 0 aliphatic carbocycles. The molecule has 2 aliphatic heterocycles. The molecule has 0 N–H and O–H groups in total. The zero-order valence-electron chi connectivity index (χ0n) is 13.8. The van der Waals surface area contributed by atoms with Crippen molar-refractivity contribution in [2.24, 2.45) is 0 Å². The van der Waals surface area contributed by atoms with Gasteiger partial charge in [0.25, 0.3) is 0 Å². The molecule has 1 aromatic rings. The Labute approximate surface area is 141 Å². The molecule has 128 valence electrons. The van der Waals surface area contributed by atoms with Gasteiger partial charge in [0, 0.05) is 38.3 Å². The van der Waals surface area contributed by atoms with Crippen molar-refractivity contribution in [1.29, 1.82) is 0 Å². The van der Waals surface area contributed by atoms with Crippen LogP contribution in [0.2, 0.25) is 0 Å². The van der Waals surface area contributed by atoms with Crippen LogP contribution in [-0.2, 0) is 20.8 Å². The Balaban J connectivity index is 1.42. The maximum Gasteiger partial charge on any atom is 0.248 e. The number of amides is 1. The van der Waals surface area contributed by atoms with Crippen LogP contribution in [0.3, 0.4) is 0 Å². The first kappa shape index (κ1) is 16.8. The molecule has 2 saturated heterocycles. The fourth-order valence-electron chi connectivity index (χ4n) is 3.32. The van der Waals surface area contributed by atoms with E-state index in [0.29, 0.717) is 18.8 Å². The summed E-state index contributed by atoms with van der Waals surface area (Å²) in [6, 6.07) is 0.499. The number of nitrogens with zero attached hydrogens (tertiary/aromatic N) is 3. The first-order valence-electron chi connectivity index (χ1n) is 8.19. The second-order valence-electron chi connectivity index (χ2n) is 6.43. The fourth-order valence-corrected chi connectivity index (χ4v) is 3.96. The number of likely N-dealkylation sites (tertiary alicyclic amines) is 1. The van der Waals surface area contributed by atoms with E-state index in [1.165, 1.54) is 5.01 Å². The van der Waals surface area contributed by atoms with Crippen molar-refractivity contribution < 1.29 is 14.3 Å². The number of hydrogen-bond acceptors (Lipinski definition) is 6. The Morgan fingerprint density at radius 1 is 1.48 bits per heavy atom. The van der Waals surface area contributed by atoms with Gasteiger partial charge in [-0.15, -0.1) is 11.3 Å². The molecule has 7 heteroatoms. The van der Waals surface area contributed by atoms with Gasteiger partial charge in [-0.2, -0.15) is 0 Å². The number of aromatic nitrogens is 1. The van der Waals surface area contributed by atoms with Crippen molar-refractivity contribution in [3.8, 4) is 0 Å². The summed E-state index contributed by atoms with van der Waals surface area (Å²) in [7, 11) is 3.48. The van der Waals surface area contributed by atoms with Crippen LogP contribution in [0.25, 0.3) is 0 Å². The van der Waals surface area contributed by atoms with Gasteiger partial charge in [-0.1, -0.05) is 0 Å². The van der Waals surface area contributed by atoms with Gasteiger partial charge in [0.15, 0.2) is 0 Å². The summed E-state index contributed by atoms with van der Waals surface area (Å²) < 4.78 is 11.7. The predicted octanol–water partition coefficient (Wildman–Crippen LogP) is 1.37. The molecule has 2 fully saturated rings. The minimum Gasteiger partial charge on any atom is -0.371 e. The lowest BCUT2D eigenvalue weighted by Crippen LogP contribution is -2.43. The number of likely N-dealkylation sites (N-methyl/N-ethyl adjacent to an activating group) is 1. The molecule has 3 rings (SSSR count). The van der Waals surface area contributed by atoms with Crippen LogP contribution in [-0.4, -0.2) is 72.8 Å². The SMILES string of the molecule is CN(C)C(=O)COC[C@H]1CC[C@@H]2[C@@H](CCN2Cc2nccs2)O1. The maximum atomic E-state index is 11.5. The molecule has 0 radical (unpaired) electrons. The summed E-state index contributed by atoms with van der Waals surface area (Å²) in [6.07, 6.45) is 5.47. The Bertz CT molecular complexity index is 509. The lowest BCUT2D eigenvalue weighted by atomic mass is 9.99. The van der Waals surface area contributed by atoms with Crippen LogP contribution in [0, 0.1) is 0 Å². The van der Waals surface area contributed by atoms with E-state index in [-0.39, 0.29) is 18.6 Å². The first-order chi connectivity index (χ1) is 11.1. The van der Waals surface area contributed by atoms with Crippen molar-refractivity contribution >= 4 is 17.2 Å². The number of carbonyl (C=O) groups excluding carboxylic acids is 1. The van der Waals surface area contributed by atoms with E-state index < -0.39 is 0 Å². The van der Waals surface area contributed by atoms with E-state index in [2.05, 4.69) is 9.88 Å². The van der Waals surface area contributed by atoms with Crippen LogP contribution in [0.4, 0.5) is 0 Å². The minimum atomic E-state index is -0.00539. The highest BCUT2D eigenvalue weighted by molar-refractivity contribution is 7.09. The fraction of sp³-hybridized carbons (Fsp3) is 0.750. The average Bonchev–Trinajstić information content (AvgIpc) is 3.17. The summed E-state index contributed by atoms with van der Waals surface area (Å²) in [4.78, 5) is 19.9. The zero-order valence-corrected chi connectivity index (χ0v) is 14.6. The van der Waals surface area contributed by atoms with Crippen molar-refractivity contribution in [3.05, 3.63) is 16.6 Å². The molecule has 0 bridgehead atoms. The molecule has 0 saturated carbocycles. The first-order valence-corrected chi connectivity index (χ1v) is 9.07. The van der Waals surface area contributed by atoms with Gasteiger partial charge in [0.05, 0.1) is 25.4 Å². The Hall–Kier alpha value is -1.02. The van der Waals surface area contributed by atoms with Crippen molar-refractivity contribution in [2.75, 3.05) is 33.9 Å². The van der Waals surface area contributed by atoms with Crippen molar-refractivity contribution in [1.82, 2.24) is 14.8 Å². The Morgan fingerprint density at radius 2 is 2.35 bits per heavy atom. The highest BCUT2D eigenvalue weighted by atomic mass is 32.1. The number of ether oxygens (including phenoxy) is 2. The van der Waals surface area contributed by atoms with Crippen LogP contribution < -0.4 is 0 Å². The van der Waals surface area contributed by atoms with E-state index in [1.54, 1.807) is 30.3 Å². The van der Waals surface area contributed by atoms with Gasteiger partial charge < -0.3 is 14.4 Å². The van der Waals surface area contributed by atoms with E-state index in [9.17, 15) is 4.79 Å². The highest BCUT2D eigenvalue weighted by Crippen LogP contribution is 2.32. The predicted molar refractivity (Wildman–Crippen MR) is 88.3 cm³/mol. The van der Waals surface area contributed by atoms with Gasteiger partial charge in [-0.05, 0) is 19.3 Å². The lowest BCUT2D eigenvalue weighted by molar-refractivity contribution is -0.138. The standard InChI is InChI=1S/C16H25N3O3S/c1-18(2)16(20)11-21-10-12-3-4-13-14(22-12)5-7-19(13)9-15-17-6-8-23-15/h6,8,12-14H,3-5,7,9-11H2,1-2H3/t12-,13-,14-/m1/s1. The van der Waals surface area contributed by atoms with Crippen LogP contribution in [0.5, 0.6) is 0 Å². The summed E-state index contributed by atoms with van der Waals surface area (Å²) in [6.45, 7) is 2.65. The molecular formula is C16H25N3O3S. The Kier molecular flexibility index (Phi) is 5.63. The molecule has 3 heterocycles. The minimum absolute atomic E-state index is 0.00539. The monoisotopic (exact) mass is 339 g/mol. The largest absolute Gasteiger partial charge is 0.371 e. The topological polar surface area (TPSA) is 54.9 Å². The van der Waals surface area contributed by atoms with Crippen LogP contribution >= 0.6 is 11.3 Å². The molecule has 0 aromatic carbocycles. The highest BCUT2D eigenvalue weighted by Gasteiger charge is 2.39. The quantitative estimate of drug-likeness (QED) is 0.783. The van der Waals surface area contributed by atoms with Gasteiger partial charge in [-0.25, -0.2) is 4.98 Å². The molecule has 6 nitrogen and oxygen atoms in total. The lowest BCUT2D eigenvalue weighted by Gasteiger charge is -2.35. The molecular weight excluding hydrogens is 314 g/mol. The number of carbonyl (C=O) groups is 1. The third-order valence-corrected chi connectivity index (χ3v) is 5.36. The molecule has 1 amide bonds. The average molecular weight is 339 g/mol. The van der Waals surface area contributed by atoms with Crippen molar-refractivity contribution in [3.63, 3.8) is 0 Å². The normalized spacial score (nSPS) is 27.8. The number of thiazole rings is 1. The molecule has 3 atom stereocenters. The second-order valence-corrected chi connectivity index (χ2v) is 7.41.